The SMILES string of the molecule is Cc1nn([C@H](C)c2ccc(Cl)cc2Cl)c2nc(C3=CCC(N4CCCC4CCC(N)=O)[C@H](C)C3)cnc12. The second kappa shape index (κ2) is 10.7. The van der Waals surface area contributed by atoms with Crippen LogP contribution in [0.25, 0.3) is 16.7 Å². The van der Waals surface area contributed by atoms with Gasteiger partial charge in [0.05, 0.1) is 23.6 Å². The number of nitrogens with zero attached hydrogens (tertiary/aromatic N) is 5. The summed E-state index contributed by atoms with van der Waals surface area (Å²) in [5.41, 5.74) is 10.9. The molecule has 2 aromatic heterocycles. The third kappa shape index (κ3) is 5.27. The Kier molecular flexibility index (Phi) is 7.57. The molecule has 2 aliphatic rings. The lowest BCUT2D eigenvalue weighted by molar-refractivity contribution is -0.118. The van der Waals surface area contributed by atoms with Crippen LogP contribution in [0, 0.1) is 12.8 Å². The molecular weight excluding hydrogens is 507 g/mol. The van der Waals surface area contributed by atoms with Crippen molar-refractivity contribution in [1.82, 2.24) is 24.6 Å². The highest BCUT2D eigenvalue weighted by Gasteiger charge is 2.35. The molecule has 0 spiro atoms. The van der Waals surface area contributed by atoms with Gasteiger partial charge in [0.15, 0.2) is 5.65 Å². The molecule has 4 atom stereocenters. The lowest BCUT2D eigenvalue weighted by Crippen LogP contribution is -2.44. The molecule has 1 aliphatic carbocycles. The molecular formula is C28H34Cl2N6O. The van der Waals surface area contributed by atoms with Crippen LogP contribution in [0.15, 0.2) is 30.5 Å². The normalized spacial score (nSPS) is 23.4. The highest BCUT2D eigenvalue weighted by molar-refractivity contribution is 6.35. The van der Waals surface area contributed by atoms with Gasteiger partial charge in [-0.15, -0.1) is 0 Å². The maximum absolute atomic E-state index is 11.3. The number of halogens is 2. The minimum absolute atomic E-state index is 0.123. The van der Waals surface area contributed by atoms with E-state index in [0.29, 0.717) is 34.5 Å². The van der Waals surface area contributed by atoms with E-state index in [9.17, 15) is 4.79 Å². The largest absolute Gasteiger partial charge is 0.370 e. The molecule has 0 bridgehead atoms. The predicted octanol–water partition coefficient (Wildman–Crippen LogP) is 5.96. The molecule has 5 rings (SSSR count). The fraction of sp³-hybridized carbons (Fsp3) is 0.500. The van der Waals surface area contributed by atoms with Crippen LogP contribution in [-0.2, 0) is 4.79 Å². The summed E-state index contributed by atoms with van der Waals surface area (Å²) in [5.74, 6) is 0.270. The summed E-state index contributed by atoms with van der Waals surface area (Å²) in [6, 6.07) is 6.34. The molecule has 3 aromatic rings. The minimum Gasteiger partial charge on any atom is -0.370 e. The van der Waals surface area contributed by atoms with Gasteiger partial charge in [0, 0.05) is 28.5 Å². The van der Waals surface area contributed by atoms with Crippen molar-refractivity contribution in [2.24, 2.45) is 11.7 Å². The quantitative estimate of drug-likeness (QED) is 0.399. The number of hydrogen-bond acceptors (Lipinski definition) is 5. The maximum Gasteiger partial charge on any atom is 0.217 e. The summed E-state index contributed by atoms with van der Waals surface area (Å²) in [6.07, 6.45) is 9.78. The van der Waals surface area contributed by atoms with Crippen molar-refractivity contribution in [2.75, 3.05) is 6.54 Å². The van der Waals surface area contributed by atoms with Gasteiger partial charge in [-0.3, -0.25) is 9.69 Å². The molecule has 7 nitrogen and oxygen atoms in total. The van der Waals surface area contributed by atoms with Crippen LogP contribution in [0.2, 0.25) is 10.0 Å². The molecule has 1 aromatic carbocycles. The van der Waals surface area contributed by atoms with Gasteiger partial charge in [0.25, 0.3) is 0 Å². The van der Waals surface area contributed by atoms with E-state index in [-0.39, 0.29) is 11.9 Å². The molecule has 3 heterocycles. The summed E-state index contributed by atoms with van der Waals surface area (Å²) < 4.78 is 1.92. The van der Waals surface area contributed by atoms with Gasteiger partial charge in [-0.2, -0.15) is 5.10 Å². The van der Waals surface area contributed by atoms with E-state index in [1.807, 2.05) is 29.9 Å². The first kappa shape index (κ1) is 26.1. The first-order chi connectivity index (χ1) is 17.7. The number of aryl methyl sites for hydroxylation is 1. The second-order valence-electron chi connectivity index (χ2n) is 10.6. The summed E-state index contributed by atoms with van der Waals surface area (Å²) in [5, 5.41) is 5.99. The molecule has 2 unspecified atom stereocenters. The van der Waals surface area contributed by atoms with E-state index >= 15 is 0 Å². The van der Waals surface area contributed by atoms with E-state index in [0.717, 1.165) is 60.3 Å². The van der Waals surface area contributed by atoms with Crippen molar-refractivity contribution in [3.8, 4) is 0 Å². The van der Waals surface area contributed by atoms with Crippen LogP contribution in [0.4, 0.5) is 0 Å². The van der Waals surface area contributed by atoms with Crippen molar-refractivity contribution in [3.63, 3.8) is 0 Å². The van der Waals surface area contributed by atoms with Gasteiger partial charge in [-0.05, 0) is 81.7 Å². The Morgan fingerprint density at radius 2 is 2.11 bits per heavy atom. The van der Waals surface area contributed by atoms with Crippen molar-refractivity contribution < 1.29 is 4.79 Å². The van der Waals surface area contributed by atoms with Gasteiger partial charge in [-0.1, -0.05) is 42.3 Å². The predicted molar refractivity (Wildman–Crippen MR) is 149 cm³/mol. The van der Waals surface area contributed by atoms with Crippen LogP contribution >= 0.6 is 23.2 Å². The van der Waals surface area contributed by atoms with E-state index in [1.165, 1.54) is 12.0 Å². The summed E-state index contributed by atoms with van der Waals surface area (Å²) in [6.45, 7) is 7.44. The van der Waals surface area contributed by atoms with Gasteiger partial charge >= 0.3 is 0 Å². The number of benzene rings is 1. The molecule has 37 heavy (non-hydrogen) atoms. The second-order valence-corrected chi connectivity index (χ2v) is 11.4. The Morgan fingerprint density at radius 3 is 2.84 bits per heavy atom. The van der Waals surface area contributed by atoms with E-state index in [1.54, 1.807) is 6.07 Å². The van der Waals surface area contributed by atoms with E-state index < -0.39 is 0 Å². The number of fused-ring (bicyclic) bond motifs is 1. The van der Waals surface area contributed by atoms with Gasteiger partial charge in [-0.25, -0.2) is 14.6 Å². The third-order valence-electron chi connectivity index (χ3n) is 8.06. The lowest BCUT2D eigenvalue weighted by Gasteiger charge is -2.39. The number of likely N-dealkylation sites (tertiary alicyclic amines) is 1. The fourth-order valence-electron chi connectivity index (χ4n) is 6.09. The number of allylic oxidation sites excluding steroid dienone is 1. The van der Waals surface area contributed by atoms with Gasteiger partial charge in [0.2, 0.25) is 5.91 Å². The van der Waals surface area contributed by atoms with Crippen molar-refractivity contribution in [3.05, 3.63) is 57.5 Å². The Morgan fingerprint density at radius 1 is 1.30 bits per heavy atom. The fourth-order valence-corrected chi connectivity index (χ4v) is 6.66. The van der Waals surface area contributed by atoms with E-state index in [2.05, 4.69) is 24.8 Å². The Bertz CT molecular complexity index is 1350. The van der Waals surface area contributed by atoms with Gasteiger partial charge < -0.3 is 5.73 Å². The highest BCUT2D eigenvalue weighted by Crippen LogP contribution is 2.37. The van der Waals surface area contributed by atoms with E-state index in [4.69, 9.17) is 44.0 Å². The number of primary amides is 1. The smallest absolute Gasteiger partial charge is 0.217 e. The molecule has 1 aliphatic heterocycles. The topological polar surface area (TPSA) is 89.9 Å². The summed E-state index contributed by atoms with van der Waals surface area (Å²) in [7, 11) is 0. The Labute approximate surface area is 228 Å². The molecule has 1 amide bonds. The molecule has 0 saturated carbocycles. The van der Waals surface area contributed by atoms with Crippen LogP contribution in [0.1, 0.15) is 75.4 Å². The zero-order valence-electron chi connectivity index (χ0n) is 21.6. The van der Waals surface area contributed by atoms with Crippen molar-refractivity contribution >= 4 is 45.8 Å². The number of carbonyl (C=O) groups excluding carboxylic acids is 1. The molecule has 1 fully saturated rings. The van der Waals surface area contributed by atoms with Crippen molar-refractivity contribution in [1.29, 1.82) is 0 Å². The maximum atomic E-state index is 11.3. The van der Waals surface area contributed by atoms with Crippen LogP contribution in [0.5, 0.6) is 0 Å². The molecule has 0 radical (unpaired) electrons. The Hall–Kier alpha value is -2.48. The zero-order valence-corrected chi connectivity index (χ0v) is 23.1. The number of aromatic nitrogens is 4. The first-order valence-corrected chi connectivity index (χ1v) is 13.9. The standard InChI is InChI=1S/C28H34Cl2N6O/c1-16-13-19(6-10-25(16)35-12-4-5-21(35)8-11-26(31)37)24-15-32-27-17(2)34-36(28(27)33-24)18(3)22-9-7-20(29)14-23(22)30/h6-7,9,14-16,18,21,25H,4-5,8,10-13H2,1-3H3,(H2,31,37)/t16-,18-,21?,25?/m1/s1. The summed E-state index contributed by atoms with van der Waals surface area (Å²) >= 11 is 12.6. The van der Waals surface area contributed by atoms with Crippen molar-refractivity contribution in [2.45, 2.75) is 77.4 Å². The molecule has 1 saturated heterocycles. The number of carbonyl (C=O) groups is 1. The monoisotopic (exact) mass is 540 g/mol. The molecule has 2 N–H and O–H groups in total. The lowest BCUT2D eigenvalue weighted by atomic mass is 9.83. The van der Waals surface area contributed by atoms with Crippen LogP contribution in [-0.4, -0.2) is 49.2 Å². The van der Waals surface area contributed by atoms with Crippen LogP contribution < -0.4 is 5.73 Å². The highest BCUT2D eigenvalue weighted by atomic mass is 35.5. The number of amides is 1. The molecule has 9 heteroatoms. The summed E-state index contributed by atoms with van der Waals surface area (Å²) in [4.78, 5) is 23.8. The average Bonchev–Trinajstić information content (AvgIpc) is 3.46. The zero-order chi connectivity index (χ0) is 26.3. The minimum atomic E-state index is -0.207. The number of nitrogens with two attached hydrogens (primary N) is 1. The third-order valence-corrected chi connectivity index (χ3v) is 8.62. The van der Waals surface area contributed by atoms with Gasteiger partial charge in [0.1, 0.15) is 5.52 Å². The Balaban J connectivity index is 1.41. The average molecular weight is 542 g/mol. The molecule has 196 valence electrons. The van der Waals surface area contributed by atoms with Crippen LogP contribution in [0.3, 0.4) is 0 Å². The number of hydrogen-bond donors (Lipinski definition) is 1. The first-order valence-electron chi connectivity index (χ1n) is 13.1. The number of rotatable bonds is 7.